The average Bonchev–Trinajstić information content (AvgIpc) is 2.77. The Bertz CT molecular complexity index is 494. The number of unbranched alkanes of at least 4 members (excludes halogenated alkanes) is 2. The summed E-state index contributed by atoms with van der Waals surface area (Å²) in [6.45, 7) is 9.30. The third-order valence-corrected chi connectivity index (χ3v) is 4.65. The summed E-state index contributed by atoms with van der Waals surface area (Å²) in [5.41, 5.74) is 2.36. The minimum atomic E-state index is -0.0886. The Morgan fingerprint density at radius 3 is 2.75 bits per heavy atom. The zero-order chi connectivity index (χ0) is 14.6. The molecule has 0 atom stereocenters. The second-order valence-corrected chi connectivity index (χ2v) is 7.19. The van der Waals surface area contributed by atoms with Crippen LogP contribution in [0.2, 0.25) is 0 Å². The molecule has 0 fully saturated rings. The number of rotatable bonds is 6. The van der Waals surface area contributed by atoms with Gasteiger partial charge >= 0.3 is 0 Å². The number of aryl methyl sites for hydroxylation is 1. The van der Waals surface area contributed by atoms with E-state index in [0.29, 0.717) is 6.61 Å². The van der Waals surface area contributed by atoms with Crippen molar-refractivity contribution in [2.75, 3.05) is 12.4 Å². The maximum absolute atomic E-state index is 5.73. The number of hydrogen-bond acceptors (Lipinski definition) is 3. The highest BCUT2D eigenvalue weighted by molar-refractivity contribution is 7.99. The lowest BCUT2D eigenvalue weighted by Crippen LogP contribution is -2.17. The first-order valence-electron chi connectivity index (χ1n) is 7.48. The van der Waals surface area contributed by atoms with Gasteiger partial charge in [-0.25, -0.2) is 4.99 Å². The molecular weight excluding hydrogens is 266 g/mol. The van der Waals surface area contributed by atoms with Crippen molar-refractivity contribution >= 4 is 17.7 Å². The molecule has 0 aromatic heterocycles. The van der Waals surface area contributed by atoms with Crippen molar-refractivity contribution in [2.24, 2.45) is 4.99 Å². The molecule has 1 aromatic rings. The van der Waals surface area contributed by atoms with Gasteiger partial charge in [0.15, 0.2) is 0 Å². The standard InChI is InChI=1S/C17H25NOS/c1-5-6-7-10-20-15-11-14(9-8-13(15)2)16-18-17(3,4)12-19-16/h8-9,11H,5-7,10,12H2,1-4H3. The Balaban J connectivity index is 2.09. The van der Waals surface area contributed by atoms with E-state index in [1.807, 2.05) is 11.8 Å². The van der Waals surface area contributed by atoms with Gasteiger partial charge in [-0.05, 0) is 50.6 Å². The molecule has 0 aliphatic carbocycles. The van der Waals surface area contributed by atoms with E-state index in [0.717, 1.165) is 11.5 Å². The van der Waals surface area contributed by atoms with Gasteiger partial charge in [-0.15, -0.1) is 11.8 Å². The van der Waals surface area contributed by atoms with Crippen LogP contribution in [-0.4, -0.2) is 23.8 Å². The molecule has 20 heavy (non-hydrogen) atoms. The molecule has 2 nitrogen and oxygen atoms in total. The van der Waals surface area contributed by atoms with E-state index in [1.165, 1.54) is 35.5 Å². The van der Waals surface area contributed by atoms with Crippen LogP contribution in [-0.2, 0) is 4.74 Å². The van der Waals surface area contributed by atoms with E-state index in [4.69, 9.17) is 4.74 Å². The van der Waals surface area contributed by atoms with Crippen LogP contribution in [0.5, 0.6) is 0 Å². The third kappa shape index (κ3) is 4.02. The molecule has 1 aliphatic rings. The van der Waals surface area contributed by atoms with Crippen LogP contribution in [0.3, 0.4) is 0 Å². The maximum Gasteiger partial charge on any atom is 0.216 e. The molecule has 0 bridgehead atoms. The van der Waals surface area contributed by atoms with Gasteiger partial charge in [0.2, 0.25) is 5.90 Å². The first-order chi connectivity index (χ1) is 9.52. The largest absolute Gasteiger partial charge is 0.475 e. The van der Waals surface area contributed by atoms with Gasteiger partial charge in [-0.3, -0.25) is 0 Å². The molecule has 0 saturated carbocycles. The van der Waals surface area contributed by atoms with E-state index < -0.39 is 0 Å². The number of nitrogens with zero attached hydrogens (tertiary/aromatic N) is 1. The van der Waals surface area contributed by atoms with Gasteiger partial charge in [-0.1, -0.05) is 25.8 Å². The van der Waals surface area contributed by atoms with Gasteiger partial charge in [0, 0.05) is 10.5 Å². The number of ether oxygens (including phenoxy) is 1. The summed E-state index contributed by atoms with van der Waals surface area (Å²) < 4.78 is 5.73. The molecule has 3 heteroatoms. The molecule has 0 spiro atoms. The Morgan fingerprint density at radius 1 is 1.30 bits per heavy atom. The Labute approximate surface area is 127 Å². The fraction of sp³-hybridized carbons (Fsp3) is 0.588. The molecule has 1 aromatic carbocycles. The molecule has 0 saturated heterocycles. The van der Waals surface area contributed by atoms with Crippen LogP contribution in [0.1, 0.15) is 51.2 Å². The molecule has 0 N–H and O–H groups in total. The number of aliphatic imine (C=N–C) groups is 1. The van der Waals surface area contributed by atoms with Crippen LogP contribution in [0.4, 0.5) is 0 Å². The molecule has 0 unspecified atom stereocenters. The van der Waals surface area contributed by atoms with Gasteiger partial charge in [0.05, 0.1) is 5.54 Å². The van der Waals surface area contributed by atoms with E-state index in [-0.39, 0.29) is 5.54 Å². The van der Waals surface area contributed by atoms with Crippen molar-refractivity contribution in [3.63, 3.8) is 0 Å². The summed E-state index contributed by atoms with van der Waals surface area (Å²) in [6.07, 6.45) is 3.88. The van der Waals surface area contributed by atoms with Gasteiger partial charge in [0.1, 0.15) is 6.61 Å². The lowest BCUT2D eigenvalue weighted by molar-refractivity contribution is 0.279. The zero-order valence-electron chi connectivity index (χ0n) is 13.0. The van der Waals surface area contributed by atoms with Crippen molar-refractivity contribution in [1.82, 2.24) is 0 Å². The zero-order valence-corrected chi connectivity index (χ0v) is 13.8. The first-order valence-corrected chi connectivity index (χ1v) is 8.47. The summed E-state index contributed by atoms with van der Waals surface area (Å²) >= 11 is 1.95. The molecule has 110 valence electrons. The van der Waals surface area contributed by atoms with E-state index in [9.17, 15) is 0 Å². The van der Waals surface area contributed by atoms with Gasteiger partial charge in [-0.2, -0.15) is 0 Å². The molecular formula is C17H25NOS. The minimum Gasteiger partial charge on any atom is -0.475 e. The molecule has 2 rings (SSSR count). The number of thioether (sulfide) groups is 1. The second-order valence-electron chi connectivity index (χ2n) is 6.05. The predicted molar refractivity (Wildman–Crippen MR) is 88.0 cm³/mol. The Kier molecular flexibility index (Phi) is 5.14. The average molecular weight is 291 g/mol. The smallest absolute Gasteiger partial charge is 0.216 e. The maximum atomic E-state index is 5.73. The van der Waals surface area contributed by atoms with Crippen LogP contribution in [0.25, 0.3) is 0 Å². The lowest BCUT2D eigenvalue weighted by atomic mass is 10.1. The van der Waals surface area contributed by atoms with Gasteiger partial charge in [0.25, 0.3) is 0 Å². The predicted octanol–water partition coefficient (Wildman–Crippen LogP) is 4.83. The van der Waals surface area contributed by atoms with Gasteiger partial charge < -0.3 is 4.74 Å². The number of benzene rings is 1. The van der Waals surface area contributed by atoms with Crippen molar-refractivity contribution in [3.05, 3.63) is 29.3 Å². The highest BCUT2D eigenvalue weighted by Crippen LogP contribution is 2.27. The molecule has 1 aliphatic heterocycles. The second kappa shape index (κ2) is 6.66. The Hall–Kier alpha value is -0.960. The normalized spacial score (nSPS) is 16.9. The summed E-state index contributed by atoms with van der Waals surface area (Å²) in [5, 5.41) is 0. The SMILES string of the molecule is CCCCCSc1cc(C2=NC(C)(C)CO2)ccc1C. The minimum absolute atomic E-state index is 0.0886. The van der Waals surface area contributed by atoms with Crippen molar-refractivity contribution in [2.45, 2.75) is 57.4 Å². The van der Waals surface area contributed by atoms with Crippen molar-refractivity contribution in [1.29, 1.82) is 0 Å². The number of hydrogen-bond donors (Lipinski definition) is 0. The van der Waals surface area contributed by atoms with Crippen LogP contribution >= 0.6 is 11.8 Å². The highest BCUT2D eigenvalue weighted by atomic mass is 32.2. The monoisotopic (exact) mass is 291 g/mol. The molecule has 0 radical (unpaired) electrons. The topological polar surface area (TPSA) is 21.6 Å². The summed E-state index contributed by atoms with van der Waals surface area (Å²) in [5.74, 6) is 1.99. The summed E-state index contributed by atoms with van der Waals surface area (Å²) in [6, 6.07) is 6.52. The third-order valence-electron chi connectivity index (χ3n) is 3.41. The first kappa shape index (κ1) is 15.4. The summed E-state index contributed by atoms with van der Waals surface area (Å²) in [7, 11) is 0. The van der Waals surface area contributed by atoms with Crippen molar-refractivity contribution < 1.29 is 4.74 Å². The quantitative estimate of drug-likeness (QED) is 0.553. The van der Waals surface area contributed by atoms with Crippen LogP contribution < -0.4 is 0 Å². The fourth-order valence-corrected chi connectivity index (χ4v) is 3.23. The highest BCUT2D eigenvalue weighted by Gasteiger charge is 2.27. The molecule has 0 amide bonds. The van der Waals surface area contributed by atoms with E-state index in [1.54, 1.807) is 0 Å². The summed E-state index contributed by atoms with van der Waals surface area (Å²) in [4.78, 5) is 6.01. The van der Waals surface area contributed by atoms with Crippen molar-refractivity contribution in [3.8, 4) is 0 Å². The van der Waals surface area contributed by atoms with E-state index >= 15 is 0 Å². The lowest BCUT2D eigenvalue weighted by Gasteiger charge is -2.08. The van der Waals surface area contributed by atoms with Crippen LogP contribution in [0, 0.1) is 6.92 Å². The van der Waals surface area contributed by atoms with E-state index in [2.05, 4.69) is 50.9 Å². The Morgan fingerprint density at radius 2 is 2.10 bits per heavy atom. The van der Waals surface area contributed by atoms with Crippen LogP contribution in [0.15, 0.2) is 28.1 Å². The fourth-order valence-electron chi connectivity index (χ4n) is 2.16. The molecule has 1 heterocycles.